The Morgan fingerprint density at radius 2 is 1.86 bits per heavy atom. The topological polar surface area (TPSA) is 119 Å². The normalized spacial score (nSPS) is 10.9. The van der Waals surface area contributed by atoms with E-state index in [4.69, 9.17) is 33.8 Å². The van der Waals surface area contributed by atoms with Gasteiger partial charge in [-0.2, -0.15) is 5.10 Å². The van der Waals surface area contributed by atoms with Gasteiger partial charge in [-0.25, -0.2) is 10.1 Å². The Bertz CT molecular complexity index is 1350. The maximum atomic E-state index is 12.2. The average Bonchev–Trinajstić information content (AvgIpc) is 3.20. The summed E-state index contributed by atoms with van der Waals surface area (Å²) in [7, 11) is 0. The number of nitrogens with one attached hydrogen (secondary N) is 2. The number of aromatic nitrogens is 3. The molecule has 0 spiro atoms. The summed E-state index contributed by atoms with van der Waals surface area (Å²) in [5, 5.41) is 16.0. The van der Waals surface area contributed by atoms with Crippen LogP contribution in [0.4, 0.5) is 11.6 Å². The molecule has 0 fully saturated rings. The van der Waals surface area contributed by atoms with Gasteiger partial charge >= 0.3 is 0 Å². The van der Waals surface area contributed by atoms with Crippen molar-refractivity contribution in [3.8, 4) is 11.5 Å². The standard InChI is InChI=1S/C23H19Cl2N7O2S/c24-16-9-10-20(19(25)12-16)28-21(33)14-35-23-31-30-22(32(23)26)29-27-13-15-5-4-8-18(11-15)34-17-6-2-1-3-7-17/h1-13H,14,26H2,(H,28,33)(H,29,30)/b27-13+. The molecular weight excluding hydrogens is 509 g/mol. The molecule has 4 N–H and O–H groups in total. The van der Waals surface area contributed by atoms with E-state index < -0.39 is 0 Å². The van der Waals surface area contributed by atoms with Gasteiger partial charge in [-0.05, 0) is 48.0 Å². The van der Waals surface area contributed by atoms with Gasteiger partial charge in [0.15, 0.2) is 0 Å². The number of amides is 1. The number of para-hydroxylation sites is 1. The molecule has 0 bridgehead atoms. The third-order valence-corrected chi connectivity index (χ3v) is 5.91. The highest BCUT2D eigenvalue weighted by atomic mass is 35.5. The number of ether oxygens (including phenoxy) is 1. The lowest BCUT2D eigenvalue weighted by atomic mass is 10.2. The SMILES string of the molecule is Nn1c(N/N=C/c2cccc(Oc3ccccc3)c2)nnc1SCC(=O)Nc1ccc(Cl)cc1Cl. The Hall–Kier alpha value is -3.73. The minimum absolute atomic E-state index is 0.0474. The predicted molar refractivity (Wildman–Crippen MR) is 140 cm³/mol. The first-order chi connectivity index (χ1) is 17.0. The molecule has 9 nitrogen and oxygen atoms in total. The number of hydrazone groups is 1. The predicted octanol–water partition coefficient (Wildman–Crippen LogP) is 5.27. The molecule has 35 heavy (non-hydrogen) atoms. The van der Waals surface area contributed by atoms with Crippen LogP contribution in [0.3, 0.4) is 0 Å². The molecule has 0 aliphatic heterocycles. The van der Waals surface area contributed by atoms with Gasteiger partial charge < -0.3 is 15.9 Å². The average molecular weight is 528 g/mol. The van der Waals surface area contributed by atoms with E-state index in [1.54, 1.807) is 24.4 Å². The zero-order valence-corrected chi connectivity index (χ0v) is 20.4. The Balaban J connectivity index is 1.30. The molecule has 0 saturated carbocycles. The first kappa shape index (κ1) is 24.4. The van der Waals surface area contributed by atoms with Crippen molar-refractivity contribution in [1.82, 2.24) is 14.9 Å². The second kappa shape index (κ2) is 11.6. The fourth-order valence-electron chi connectivity index (χ4n) is 2.81. The second-order valence-electron chi connectivity index (χ2n) is 6.99. The van der Waals surface area contributed by atoms with E-state index in [0.717, 1.165) is 23.1 Å². The lowest BCUT2D eigenvalue weighted by molar-refractivity contribution is -0.113. The number of nitrogens with two attached hydrogens (primary N) is 1. The summed E-state index contributed by atoms with van der Waals surface area (Å²) in [6.07, 6.45) is 1.60. The fourth-order valence-corrected chi connectivity index (χ4v) is 3.92. The van der Waals surface area contributed by atoms with Gasteiger partial charge in [-0.15, -0.1) is 10.2 Å². The second-order valence-corrected chi connectivity index (χ2v) is 8.78. The fraction of sp³-hybridized carbons (Fsp3) is 0.0435. The largest absolute Gasteiger partial charge is 0.457 e. The Morgan fingerprint density at radius 3 is 2.66 bits per heavy atom. The number of halogens is 2. The first-order valence-electron chi connectivity index (χ1n) is 10.2. The highest BCUT2D eigenvalue weighted by Crippen LogP contribution is 2.26. The number of hydrogen-bond donors (Lipinski definition) is 3. The van der Waals surface area contributed by atoms with Crippen LogP contribution < -0.4 is 21.3 Å². The molecule has 4 aromatic rings. The highest BCUT2D eigenvalue weighted by Gasteiger charge is 2.13. The quantitative estimate of drug-likeness (QED) is 0.117. The number of hydrogen-bond acceptors (Lipinski definition) is 8. The van der Waals surface area contributed by atoms with Crippen molar-refractivity contribution in [2.45, 2.75) is 5.16 Å². The molecule has 12 heteroatoms. The number of thioether (sulfide) groups is 1. The number of nitrogen functional groups attached to an aromatic ring is 1. The highest BCUT2D eigenvalue weighted by molar-refractivity contribution is 7.99. The van der Waals surface area contributed by atoms with E-state index in [-0.39, 0.29) is 17.6 Å². The monoisotopic (exact) mass is 527 g/mol. The zero-order valence-electron chi connectivity index (χ0n) is 18.1. The van der Waals surface area contributed by atoms with Crippen molar-refractivity contribution >= 4 is 58.7 Å². The smallest absolute Gasteiger partial charge is 0.264 e. The summed E-state index contributed by atoms with van der Waals surface area (Å²) >= 11 is 13.1. The molecule has 0 aliphatic carbocycles. The molecular formula is C23H19Cl2N7O2S. The van der Waals surface area contributed by atoms with E-state index in [0.29, 0.717) is 26.6 Å². The maximum absolute atomic E-state index is 12.2. The molecule has 0 unspecified atom stereocenters. The number of carbonyl (C=O) groups is 1. The van der Waals surface area contributed by atoms with Crippen molar-refractivity contribution in [2.24, 2.45) is 5.10 Å². The molecule has 178 valence electrons. The van der Waals surface area contributed by atoms with E-state index in [1.807, 2.05) is 54.6 Å². The molecule has 0 saturated heterocycles. The summed E-state index contributed by atoms with van der Waals surface area (Å²) in [4.78, 5) is 12.2. The van der Waals surface area contributed by atoms with Crippen molar-refractivity contribution in [1.29, 1.82) is 0 Å². The van der Waals surface area contributed by atoms with Crippen molar-refractivity contribution < 1.29 is 9.53 Å². The summed E-state index contributed by atoms with van der Waals surface area (Å²) < 4.78 is 7.03. The van der Waals surface area contributed by atoms with Crippen LogP contribution in [0.1, 0.15) is 5.56 Å². The maximum Gasteiger partial charge on any atom is 0.264 e. The zero-order chi connectivity index (χ0) is 24.6. The van der Waals surface area contributed by atoms with Crippen LogP contribution in [0, 0.1) is 0 Å². The number of nitrogens with zero attached hydrogens (tertiary/aromatic N) is 4. The summed E-state index contributed by atoms with van der Waals surface area (Å²) in [5.74, 6) is 7.41. The number of rotatable bonds is 9. The van der Waals surface area contributed by atoms with Crippen molar-refractivity contribution in [3.63, 3.8) is 0 Å². The van der Waals surface area contributed by atoms with Gasteiger partial charge in [-0.3, -0.25) is 4.79 Å². The molecule has 4 rings (SSSR count). The molecule has 0 radical (unpaired) electrons. The third-order valence-electron chi connectivity index (χ3n) is 4.42. The number of anilines is 2. The summed E-state index contributed by atoms with van der Waals surface area (Å²) in [6, 6.07) is 21.7. The van der Waals surface area contributed by atoms with E-state index in [2.05, 4.69) is 26.0 Å². The number of carbonyl (C=O) groups excluding carboxylic acids is 1. The lowest BCUT2D eigenvalue weighted by Crippen LogP contribution is -2.17. The van der Waals surface area contributed by atoms with E-state index in [9.17, 15) is 4.79 Å². The summed E-state index contributed by atoms with van der Waals surface area (Å²) in [5.41, 5.74) is 4.01. The van der Waals surface area contributed by atoms with Crippen LogP contribution in [-0.2, 0) is 4.79 Å². The summed E-state index contributed by atoms with van der Waals surface area (Å²) in [6.45, 7) is 0. The third kappa shape index (κ3) is 6.89. The molecule has 0 atom stereocenters. The van der Waals surface area contributed by atoms with E-state index >= 15 is 0 Å². The minimum atomic E-state index is -0.285. The van der Waals surface area contributed by atoms with Gasteiger partial charge in [0.25, 0.3) is 5.95 Å². The molecule has 0 aliphatic rings. The Kier molecular flexibility index (Phi) is 8.09. The van der Waals surface area contributed by atoms with Crippen LogP contribution in [-0.4, -0.2) is 32.7 Å². The van der Waals surface area contributed by atoms with Gasteiger partial charge in [-0.1, -0.05) is 65.3 Å². The van der Waals surface area contributed by atoms with Crippen molar-refractivity contribution in [2.75, 3.05) is 22.3 Å². The van der Waals surface area contributed by atoms with Crippen LogP contribution in [0.2, 0.25) is 10.0 Å². The van der Waals surface area contributed by atoms with Gasteiger partial charge in [0.05, 0.1) is 22.7 Å². The minimum Gasteiger partial charge on any atom is -0.457 e. The van der Waals surface area contributed by atoms with Crippen LogP contribution in [0.25, 0.3) is 0 Å². The van der Waals surface area contributed by atoms with E-state index in [1.165, 1.54) is 4.68 Å². The number of benzene rings is 3. The van der Waals surface area contributed by atoms with Crippen molar-refractivity contribution in [3.05, 3.63) is 88.4 Å². The van der Waals surface area contributed by atoms with Crippen LogP contribution in [0.5, 0.6) is 11.5 Å². The molecule has 3 aromatic carbocycles. The molecule has 1 aromatic heterocycles. The lowest BCUT2D eigenvalue weighted by Gasteiger charge is -2.07. The Morgan fingerprint density at radius 1 is 1.06 bits per heavy atom. The molecule has 1 heterocycles. The van der Waals surface area contributed by atoms with Gasteiger partial charge in [0.2, 0.25) is 11.1 Å². The molecule has 1 amide bonds. The van der Waals surface area contributed by atoms with Gasteiger partial charge in [0, 0.05) is 5.02 Å². The Labute approximate surface area is 215 Å². The van der Waals surface area contributed by atoms with Gasteiger partial charge in [0.1, 0.15) is 11.5 Å². The first-order valence-corrected chi connectivity index (χ1v) is 11.9. The van der Waals surface area contributed by atoms with Crippen LogP contribution in [0.15, 0.2) is 83.1 Å². The van der Waals surface area contributed by atoms with Crippen LogP contribution >= 0.6 is 35.0 Å².